The summed E-state index contributed by atoms with van der Waals surface area (Å²) in [5, 5.41) is 7.05. The molecule has 1 aliphatic rings. The molecule has 186 valence electrons. The minimum absolute atomic E-state index is 0.0298. The summed E-state index contributed by atoms with van der Waals surface area (Å²) in [5.41, 5.74) is 1.67. The molecule has 1 amide bonds. The zero-order chi connectivity index (χ0) is 24.6. The maximum absolute atomic E-state index is 13.1. The number of amides is 1. The number of rotatable bonds is 10. The third-order valence-corrected chi connectivity index (χ3v) is 5.96. The summed E-state index contributed by atoms with van der Waals surface area (Å²) in [6.07, 6.45) is 1.52. The first-order valence-electron chi connectivity index (χ1n) is 12.0. The van der Waals surface area contributed by atoms with E-state index < -0.39 is 0 Å². The second-order valence-electron chi connectivity index (χ2n) is 8.43. The Morgan fingerprint density at radius 2 is 1.80 bits per heavy atom. The van der Waals surface area contributed by atoms with Crippen LogP contribution < -0.4 is 14.8 Å². The van der Waals surface area contributed by atoms with E-state index in [4.69, 9.17) is 14.0 Å². The molecule has 0 unspecified atom stereocenters. The molecule has 1 N–H and O–H groups in total. The highest BCUT2D eigenvalue weighted by molar-refractivity contribution is 5.78. The molecule has 9 heteroatoms. The van der Waals surface area contributed by atoms with Gasteiger partial charge < -0.3 is 19.3 Å². The first kappa shape index (κ1) is 24.7. The molecule has 0 atom stereocenters. The van der Waals surface area contributed by atoms with Crippen molar-refractivity contribution in [3.8, 4) is 22.9 Å². The van der Waals surface area contributed by atoms with Gasteiger partial charge in [0.25, 0.3) is 0 Å². The van der Waals surface area contributed by atoms with Crippen LogP contribution in [0.4, 0.5) is 4.39 Å². The number of carbonyl (C=O) groups excluding carboxylic acids is 1. The lowest BCUT2D eigenvalue weighted by atomic mass is 9.96. The van der Waals surface area contributed by atoms with Gasteiger partial charge in [0, 0.05) is 18.0 Å². The van der Waals surface area contributed by atoms with E-state index in [1.165, 1.54) is 12.1 Å². The zero-order valence-electron chi connectivity index (χ0n) is 20.1. The van der Waals surface area contributed by atoms with Crippen LogP contribution >= 0.6 is 0 Å². The smallest absolute Gasteiger partial charge is 0.241 e. The van der Waals surface area contributed by atoms with Crippen LogP contribution in [0.3, 0.4) is 0 Å². The minimum atomic E-state index is -0.306. The average molecular weight is 483 g/mol. The summed E-state index contributed by atoms with van der Waals surface area (Å²) in [6.45, 7) is 7.48. The largest absolute Gasteiger partial charge is 0.490 e. The summed E-state index contributed by atoms with van der Waals surface area (Å²) in [4.78, 5) is 19.4. The Morgan fingerprint density at radius 1 is 1.09 bits per heavy atom. The van der Waals surface area contributed by atoms with Gasteiger partial charge in [-0.05, 0) is 81.7 Å². The van der Waals surface area contributed by atoms with Crippen LogP contribution in [0.2, 0.25) is 0 Å². The molecule has 1 aromatic heterocycles. The van der Waals surface area contributed by atoms with E-state index in [-0.39, 0.29) is 17.6 Å². The summed E-state index contributed by atoms with van der Waals surface area (Å²) < 4.78 is 29.8. The Morgan fingerprint density at radius 3 is 2.51 bits per heavy atom. The molecule has 2 heterocycles. The van der Waals surface area contributed by atoms with Crippen molar-refractivity contribution in [1.82, 2.24) is 20.4 Å². The number of piperidine rings is 1. The molecule has 3 aromatic rings. The SMILES string of the molecule is CCOc1ccc(CNC(=O)C2CCN(Cc3nc(-c4ccc(F)cc4)no3)CC2)cc1OCC. The third-order valence-electron chi connectivity index (χ3n) is 5.96. The zero-order valence-corrected chi connectivity index (χ0v) is 20.1. The molecule has 0 spiro atoms. The van der Waals surface area contributed by atoms with Gasteiger partial charge >= 0.3 is 0 Å². The lowest BCUT2D eigenvalue weighted by molar-refractivity contribution is -0.126. The van der Waals surface area contributed by atoms with Gasteiger partial charge in [0.05, 0.1) is 19.8 Å². The van der Waals surface area contributed by atoms with Gasteiger partial charge in [-0.15, -0.1) is 0 Å². The van der Waals surface area contributed by atoms with E-state index in [2.05, 4.69) is 20.4 Å². The van der Waals surface area contributed by atoms with Crippen LogP contribution in [0, 0.1) is 11.7 Å². The number of benzene rings is 2. The number of nitrogens with zero attached hydrogens (tertiary/aromatic N) is 3. The molecule has 0 aliphatic carbocycles. The van der Waals surface area contributed by atoms with Gasteiger partial charge in [0.1, 0.15) is 5.82 Å². The van der Waals surface area contributed by atoms with Crippen molar-refractivity contribution in [2.24, 2.45) is 5.92 Å². The highest BCUT2D eigenvalue weighted by Crippen LogP contribution is 2.28. The topological polar surface area (TPSA) is 89.7 Å². The standard InChI is InChI=1S/C26H31FN4O4/c1-3-33-22-10-5-18(15-23(22)34-4-2)16-28-26(32)20-11-13-31(14-12-20)17-24-29-25(30-35-24)19-6-8-21(27)9-7-19/h5-10,15,20H,3-4,11-14,16-17H2,1-2H3,(H,28,32). The highest BCUT2D eigenvalue weighted by atomic mass is 19.1. The van der Waals surface area contributed by atoms with Crippen LogP contribution in [0.25, 0.3) is 11.4 Å². The second-order valence-corrected chi connectivity index (χ2v) is 8.43. The lowest BCUT2D eigenvalue weighted by Crippen LogP contribution is -2.40. The van der Waals surface area contributed by atoms with Crippen molar-refractivity contribution in [3.05, 3.63) is 59.7 Å². The monoisotopic (exact) mass is 482 g/mol. The van der Waals surface area contributed by atoms with Gasteiger partial charge in [0.15, 0.2) is 11.5 Å². The van der Waals surface area contributed by atoms with Gasteiger partial charge in [0.2, 0.25) is 17.6 Å². The average Bonchev–Trinajstić information content (AvgIpc) is 3.33. The molecule has 0 saturated carbocycles. The maximum Gasteiger partial charge on any atom is 0.241 e. The number of likely N-dealkylation sites (tertiary alicyclic amines) is 1. The predicted molar refractivity (Wildman–Crippen MR) is 128 cm³/mol. The number of hydrogen-bond donors (Lipinski definition) is 1. The number of ether oxygens (including phenoxy) is 2. The molecule has 35 heavy (non-hydrogen) atoms. The fraction of sp³-hybridized carbons (Fsp3) is 0.423. The van der Waals surface area contributed by atoms with Gasteiger partial charge in [-0.2, -0.15) is 4.98 Å². The van der Waals surface area contributed by atoms with E-state index in [1.54, 1.807) is 12.1 Å². The fourth-order valence-electron chi connectivity index (χ4n) is 4.12. The van der Waals surface area contributed by atoms with E-state index >= 15 is 0 Å². The molecule has 0 bridgehead atoms. The number of aromatic nitrogens is 2. The maximum atomic E-state index is 13.1. The first-order valence-corrected chi connectivity index (χ1v) is 12.0. The van der Waals surface area contributed by atoms with Gasteiger partial charge in [-0.25, -0.2) is 4.39 Å². The Bertz CT molecular complexity index is 1110. The number of hydrogen-bond acceptors (Lipinski definition) is 7. The number of halogens is 1. The summed E-state index contributed by atoms with van der Waals surface area (Å²) in [6, 6.07) is 11.7. The van der Waals surface area contributed by atoms with E-state index in [1.807, 2.05) is 32.0 Å². The number of carbonyl (C=O) groups is 1. The predicted octanol–water partition coefficient (Wildman–Crippen LogP) is 4.20. The van der Waals surface area contributed by atoms with Crippen molar-refractivity contribution < 1.29 is 23.2 Å². The second kappa shape index (κ2) is 11.8. The molecule has 0 radical (unpaired) electrons. The Hall–Kier alpha value is -3.46. The van der Waals surface area contributed by atoms with E-state index in [0.29, 0.717) is 55.1 Å². The first-order chi connectivity index (χ1) is 17.1. The highest BCUT2D eigenvalue weighted by Gasteiger charge is 2.26. The van der Waals surface area contributed by atoms with Crippen LogP contribution in [0.15, 0.2) is 47.0 Å². The normalized spacial score (nSPS) is 14.6. The Kier molecular flexibility index (Phi) is 8.31. The van der Waals surface area contributed by atoms with E-state index in [9.17, 15) is 9.18 Å². The quantitative estimate of drug-likeness (QED) is 0.463. The lowest BCUT2D eigenvalue weighted by Gasteiger charge is -2.30. The summed E-state index contributed by atoms with van der Waals surface area (Å²) >= 11 is 0. The minimum Gasteiger partial charge on any atom is -0.490 e. The van der Waals surface area contributed by atoms with Crippen molar-refractivity contribution in [2.75, 3.05) is 26.3 Å². The molecule has 1 saturated heterocycles. The van der Waals surface area contributed by atoms with Crippen LogP contribution in [-0.4, -0.2) is 47.3 Å². The van der Waals surface area contributed by atoms with Crippen LogP contribution in [-0.2, 0) is 17.9 Å². The van der Waals surface area contributed by atoms with Crippen molar-refractivity contribution in [1.29, 1.82) is 0 Å². The summed E-state index contributed by atoms with van der Waals surface area (Å²) in [7, 11) is 0. The van der Waals surface area contributed by atoms with Gasteiger partial charge in [-0.1, -0.05) is 11.2 Å². The molecule has 4 rings (SSSR count). The van der Waals surface area contributed by atoms with Crippen LogP contribution in [0.1, 0.15) is 38.1 Å². The van der Waals surface area contributed by atoms with Crippen molar-refractivity contribution in [2.45, 2.75) is 39.8 Å². The molecule has 1 aliphatic heterocycles. The molecule has 8 nitrogen and oxygen atoms in total. The fourth-order valence-corrected chi connectivity index (χ4v) is 4.12. The Balaban J connectivity index is 1.24. The Labute approximate surface area is 204 Å². The van der Waals surface area contributed by atoms with Crippen molar-refractivity contribution in [3.63, 3.8) is 0 Å². The molecular weight excluding hydrogens is 451 g/mol. The van der Waals surface area contributed by atoms with Gasteiger partial charge in [-0.3, -0.25) is 9.69 Å². The third kappa shape index (κ3) is 6.57. The molecular formula is C26H31FN4O4. The molecule has 2 aromatic carbocycles. The summed E-state index contributed by atoms with van der Waals surface area (Å²) in [5.74, 6) is 2.08. The number of nitrogens with one attached hydrogen (secondary N) is 1. The van der Waals surface area contributed by atoms with E-state index in [0.717, 1.165) is 31.5 Å². The molecule has 1 fully saturated rings. The van der Waals surface area contributed by atoms with Crippen molar-refractivity contribution >= 4 is 5.91 Å². The van der Waals surface area contributed by atoms with Crippen LogP contribution in [0.5, 0.6) is 11.5 Å².